The predicted molar refractivity (Wildman–Crippen MR) is 197 cm³/mol. The lowest BCUT2D eigenvalue weighted by Gasteiger charge is -2.43. The molecule has 3 saturated heterocycles. The number of pyridine rings is 2. The summed E-state index contributed by atoms with van der Waals surface area (Å²) < 4.78 is 26.2. The molecule has 7 rings (SSSR count). The Hall–Kier alpha value is -4.52. The summed E-state index contributed by atoms with van der Waals surface area (Å²) in [6.45, 7) is 4.58. The third-order valence-electron chi connectivity index (χ3n) is 10.2. The Bertz CT molecular complexity index is 1830. The van der Waals surface area contributed by atoms with Gasteiger partial charge in [-0.1, -0.05) is 50.3 Å². The summed E-state index contributed by atoms with van der Waals surface area (Å²) in [5.41, 5.74) is 1.97. The number of alkyl carbamates (subject to hydrolysis) is 1. The Kier molecular flexibility index (Phi) is 13.1. The molecule has 2 aromatic carbocycles. The van der Waals surface area contributed by atoms with Crippen LogP contribution < -0.4 is 20.9 Å². The van der Waals surface area contributed by atoms with Crippen molar-refractivity contribution in [3.63, 3.8) is 0 Å². The average molecular weight is 716 g/mol. The minimum Gasteiger partial charge on any atom is -0.506 e. The van der Waals surface area contributed by atoms with Crippen LogP contribution in [0.5, 0.6) is 11.5 Å². The van der Waals surface area contributed by atoms with Crippen LogP contribution in [0.1, 0.15) is 86.6 Å². The number of aromatic amines is 1. The number of ether oxygens (including phenoxy) is 2. The van der Waals surface area contributed by atoms with Crippen LogP contribution in [0.4, 0.5) is 9.18 Å². The molecule has 11 nitrogen and oxygen atoms in total. The molecule has 3 fully saturated rings. The van der Waals surface area contributed by atoms with Crippen LogP contribution in [0.2, 0.25) is 0 Å². The predicted octanol–water partition coefficient (Wildman–Crippen LogP) is 6.11. The number of fused-ring (bicyclic) bond motifs is 4. The number of carbonyl (C=O) groups is 1. The number of hydrogen-bond acceptors (Lipinski definition) is 9. The van der Waals surface area contributed by atoms with Crippen LogP contribution in [0, 0.1) is 11.7 Å². The maximum atomic E-state index is 14.2. The lowest BCUT2D eigenvalue weighted by molar-refractivity contribution is -0.0336. The van der Waals surface area contributed by atoms with Gasteiger partial charge in [-0.15, -0.1) is 0 Å². The van der Waals surface area contributed by atoms with Crippen molar-refractivity contribution >= 4 is 17.0 Å². The van der Waals surface area contributed by atoms with Crippen LogP contribution in [0.3, 0.4) is 0 Å². The fourth-order valence-corrected chi connectivity index (χ4v) is 7.38. The highest BCUT2D eigenvalue weighted by Crippen LogP contribution is 2.31. The van der Waals surface area contributed by atoms with Crippen LogP contribution >= 0.6 is 0 Å². The minimum atomic E-state index is -0.760. The SMILES string of the molecule is O=C(NC(c1cccc(F)c1)c1cncc(OCCCCCCCCCNC[C@@H](O)c2ccc(O)c3[nH]c(=O)ccc23)c1)O[C@H]1CN2CCC1CC2. The van der Waals surface area contributed by atoms with Gasteiger partial charge in [0, 0.05) is 36.3 Å². The smallest absolute Gasteiger partial charge is 0.408 e. The molecule has 3 atom stereocenters. The van der Waals surface area contributed by atoms with E-state index in [-0.39, 0.29) is 23.2 Å². The first-order chi connectivity index (χ1) is 25.3. The summed E-state index contributed by atoms with van der Waals surface area (Å²) in [5.74, 6) is 0.571. The monoisotopic (exact) mass is 715 g/mol. The second kappa shape index (κ2) is 18.3. The highest BCUT2D eigenvalue weighted by atomic mass is 19.1. The Morgan fingerprint density at radius 3 is 2.54 bits per heavy atom. The van der Waals surface area contributed by atoms with Gasteiger partial charge in [-0.05, 0) is 92.7 Å². The van der Waals surface area contributed by atoms with Crippen LogP contribution in [-0.2, 0) is 4.74 Å². The third kappa shape index (κ3) is 10.1. The Balaban J connectivity index is 0.873. The number of unbranched alkanes of at least 4 members (excludes halogenated alkanes) is 6. The number of halogens is 1. The largest absolute Gasteiger partial charge is 0.506 e. The van der Waals surface area contributed by atoms with Gasteiger partial charge < -0.3 is 35.3 Å². The summed E-state index contributed by atoms with van der Waals surface area (Å²) in [4.78, 5) is 34.1. The van der Waals surface area contributed by atoms with Gasteiger partial charge >= 0.3 is 6.09 Å². The van der Waals surface area contributed by atoms with E-state index in [1.165, 1.54) is 24.3 Å². The van der Waals surface area contributed by atoms with Crippen molar-refractivity contribution in [1.82, 2.24) is 25.5 Å². The van der Waals surface area contributed by atoms with E-state index in [0.717, 1.165) is 84.0 Å². The molecule has 278 valence electrons. The average Bonchev–Trinajstić information content (AvgIpc) is 3.15. The summed E-state index contributed by atoms with van der Waals surface area (Å²) in [5, 5.41) is 27.7. The molecule has 52 heavy (non-hydrogen) atoms. The van der Waals surface area contributed by atoms with Crippen LogP contribution in [-0.4, -0.2) is 76.6 Å². The van der Waals surface area contributed by atoms with Crippen molar-refractivity contribution in [3.05, 3.63) is 99.9 Å². The van der Waals surface area contributed by atoms with E-state index < -0.39 is 18.2 Å². The van der Waals surface area contributed by atoms with Gasteiger partial charge in [0.1, 0.15) is 23.4 Å². The molecule has 3 aliphatic heterocycles. The highest BCUT2D eigenvalue weighted by molar-refractivity contribution is 5.87. The molecule has 2 aromatic heterocycles. The first-order valence-corrected chi connectivity index (χ1v) is 18.6. The number of hydrogen-bond donors (Lipinski definition) is 5. The Morgan fingerprint density at radius 1 is 0.981 bits per heavy atom. The number of aliphatic hydroxyl groups excluding tert-OH is 1. The minimum absolute atomic E-state index is 0.0209. The molecule has 12 heteroatoms. The molecule has 2 bridgehead atoms. The summed E-state index contributed by atoms with van der Waals surface area (Å²) >= 11 is 0. The van der Waals surface area contributed by atoms with Crippen LogP contribution in [0.15, 0.2) is 71.8 Å². The maximum absolute atomic E-state index is 14.2. The highest BCUT2D eigenvalue weighted by Gasteiger charge is 2.37. The lowest BCUT2D eigenvalue weighted by atomic mass is 9.86. The van der Waals surface area contributed by atoms with Crippen LogP contribution in [0.25, 0.3) is 10.9 Å². The summed E-state index contributed by atoms with van der Waals surface area (Å²) in [6.07, 6.45) is 11.4. The van der Waals surface area contributed by atoms with E-state index in [4.69, 9.17) is 9.47 Å². The molecular weight excluding hydrogens is 665 g/mol. The van der Waals surface area contributed by atoms with Gasteiger partial charge in [-0.25, -0.2) is 9.18 Å². The number of amides is 1. The number of H-pyrrole nitrogens is 1. The lowest BCUT2D eigenvalue weighted by Crippen LogP contribution is -2.52. The molecule has 5 N–H and O–H groups in total. The van der Waals surface area contributed by atoms with E-state index in [2.05, 4.69) is 25.5 Å². The molecule has 4 aromatic rings. The van der Waals surface area contributed by atoms with Gasteiger partial charge in [0.15, 0.2) is 0 Å². The molecule has 0 radical (unpaired) electrons. The van der Waals surface area contributed by atoms with Crippen molar-refractivity contribution < 1.29 is 28.9 Å². The number of nitrogens with one attached hydrogen (secondary N) is 3. The molecule has 0 saturated carbocycles. The van der Waals surface area contributed by atoms with Crippen molar-refractivity contribution in [2.75, 3.05) is 39.3 Å². The molecule has 0 spiro atoms. The molecule has 5 heterocycles. The molecule has 1 amide bonds. The first-order valence-electron chi connectivity index (χ1n) is 18.6. The van der Waals surface area contributed by atoms with Gasteiger partial charge in [0.2, 0.25) is 5.56 Å². The van der Waals surface area contributed by atoms with E-state index >= 15 is 0 Å². The second-order valence-electron chi connectivity index (χ2n) is 14.0. The fraction of sp³-hybridized carbons (Fsp3) is 0.475. The molecular formula is C40H50FN5O6. The standard InChI is InChI=1S/C40H50FN5O6/c41-30-10-8-9-28(21-30)38(45-40(50)52-36-26-46-18-15-27(36)16-19-46)29-22-31(24-43-23-29)51-20-7-5-3-1-2-4-6-17-42-25-35(48)32-11-13-34(47)39-33(32)12-14-37(49)44-39/h8-14,21-24,27,35-36,38,42,47-48H,1-7,15-20,25-26H2,(H,44,49)(H,45,50)/t35-,36+,38?/m1/s1. The Morgan fingerprint density at radius 2 is 1.77 bits per heavy atom. The zero-order chi connectivity index (χ0) is 36.3. The number of rotatable bonds is 18. The zero-order valence-electron chi connectivity index (χ0n) is 29.6. The number of aromatic hydroxyl groups is 1. The van der Waals surface area contributed by atoms with E-state index in [1.807, 2.05) is 6.07 Å². The first kappa shape index (κ1) is 37.2. The molecule has 0 aliphatic carbocycles. The fourth-order valence-electron chi connectivity index (χ4n) is 7.38. The number of benzene rings is 2. The van der Waals surface area contributed by atoms with Gasteiger partial charge in [0.05, 0.1) is 30.5 Å². The number of phenols is 1. The van der Waals surface area contributed by atoms with Crippen molar-refractivity contribution in [2.45, 2.75) is 76.0 Å². The topological polar surface area (TPSA) is 149 Å². The Labute approximate surface area is 303 Å². The summed E-state index contributed by atoms with van der Waals surface area (Å²) in [6, 6.07) is 13.6. The number of nitrogens with zero attached hydrogens (tertiary/aromatic N) is 2. The van der Waals surface area contributed by atoms with Crippen molar-refractivity contribution in [3.8, 4) is 11.5 Å². The third-order valence-corrected chi connectivity index (χ3v) is 10.2. The van der Waals surface area contributed by atoms with Crippen molar-refractivity contribution in [1.29, 1.82) is 0 Å². The number of piperidine rings is 3. The van der Waals surface area contributed by atoms with E-state index in [0.29, 0.717) is 52.4 Å². The normalized spacial score (nSPS) is 19.3. The van der Waals surface area contributed by atoms with Crippen molar-refractivity contribution in [2.24, 2.45) is 5.92 Å². The number of aromatic nitrogens is 2. The number of phenolic OH excluding ortho intramolecular Hbond substituents is 1. The van der Waals surface area contributed by atoms with E-state index in [1.54, 1.807) is 36.7 Å². The zero-order valence-corrected chi connectivity index (χ0v) is 29.6. The maximum Gasteiger partial charge on any atom is 0.408 e. The second-order valence-corrected chi connectivity index (χ2v) is 14.0. The molecule has 1 unspecified atom stereocenters. The van der Waals surface area contributed by atoms with Gasteiger partial charge in [0.25, 0.3) is 0 Å². The molecule has 3 aliphatic rings. The number of carbonyl (C=O) groups excluding carboxylic acids is 1. The quantitative estimate of drug-likeness (QED) is 0.0770. The van der Waals surface area contributed by atoms with Gasteiger partial charge in [-0.2, -0.15) is 0 Å². The van der Waals surface area contributed by atoms with E-state index in [9.17, 15) is 24.2 Å². The van der Waals surface area contributed by atoms with Gasteiger partial charge in [-0.3, -0.25) is 14.7 Å². The number of aliphatic hydroxyl groups is 1. The summed E-state index contributed by atoms with van der Waals surface area (Å²) in [7, 11) is 0.